The van der Waals surface area contributed by atoms with Crippen LogP contribution < -0.4 is 48.4 Å². The first-order chi connectivity index (χ1) is 63.2. The minimum atomic E-state index is -1.93. The first-order valence-electron chi connectivity index (χ1n) is 42.6. The van der Waals surface area contributed by atoms with Crippen molar-refractivity contribution < 1.29 is 172 Å². The molecule has 0 radical (unpaired) electrons. The van der Waals surface area contributed by atoms with Crippen molar-refractivity contribution in [2.45, 2.75) is 205 Å². The van der Waals surface area contributed by atoms with Crippen LogP contribution in [0.1, 0.15) is 74.6 Å². The molecule has 738 valence electrons. The number of aliphatic hydroxyl groups excluding tert-OH is 16. The summed E-state index contributed by atoms with van der Waals surface area (Å²) < 4.78 is 50.1. The molecule has 132 heavy (non-hydrogen) atoms. The number of ether oxygens (including phenoxy) is 8. The van der Waals surface area contributed by atoms with Crippen molar-refractivity contribution in [2.24, 2.45) is 5.73 Å². The number of primary amides is 1. The minimum absolute atomic E-state index is 0.00976. The van der Waals surface area contributed by atoms with E-state index in [1.165, 1.54) is 41.9 Å². The van der Waals surface area contributed by atoms with Gasteiger partial charge in [-0.1, -0.05) is 18.3 Å². The average molecular weight is 1970 g/mol. The van der Waals surface area contributed by atoms with Crippen molar-refractivity contribution in [1.82, 2.24) is 36.8 Å². The number of imide groups is 1. The number of phenols is 1. The second-order valence-corrected chi connectivity index (χ2v) is 35.7. The molecule has 0 bridgehead atoms. The molecule has 0 spiro atoms. The second-order valence-electron chi connectivity index (χ2n) is 31.1. The lowest BCUT2D eigenvalue weighted by molar-refractivity contribution is -0.299. The number of thiocarbonyl (C=S) groups is 1. The molecular formula is C82H119N9O36S5. The zero-order chi connectivity index (χ0) is 96.3. The highest BCUT2D eigenvalue weighted by atomic mass is 32.2. The lowest BCUT2D eigenvalue weighted by Gasteiger charge is -2.39. The number of anilines is 1. The third-order valence-corrected chi connectivity index (χ3v) is 25.3. The molecule has 5 aliphatic heterocycles. The van der Waals surface area contributed by atoms with E-state index in [1.807, 2.05) is 0 Å². The van der Waals surface area contributed by atoms with Crippen LogP contribution in [0.3, 0.4) is 0 Å². The minimum Gasteiger partial charge on any atom is -0.508 e. The number of rotatable bonds is 56. The summed E-state index contributed by atoms with van der Waals surface area (Å²) in [4.78, 5) is 143. The van der Waals surface area contributed by atoms with Gasteiger partial charge < -0.3 is 172 Å². The number of nitrogens with one attached hydrogen (secondary N) is 7. The highest BCUT2D eigenvalue weighted by Crippen LogP contribution is 2.43. The fraction of sp³-hybridized carbons (Fsp3) is 0.646. The maximum absolute atomic E-state index is 16.0. The number of phenolic OH excluding ortho intramolecular Hbond substituents is 1. The van der Waals surface area contributed by atoms with Gasteiger partial charge in [-0.05, 0) is 99.7 Å². The second kappa shape index (κ2) is 56.4. The van der Waals surface area contributed by atoms with Crippen LogP contribution in [-0.2, 0) is 76.3 Å². The molecule has 0 saturated carbocycles. The molecule has 0 unspecified atom stereocenters. The number of fused-ring (bicyclic) bond motifs is 2. The van der Waals surface area contributed by atoms with Gasteiger partial charge in [0.1, 0.15) is 133 Å². The van der Waals surface area contributed by atoms with Crippen LogP contribution in [0.5, 0.6) is 5.75 Å². The molecule has 2 aromatic carbocycles. The van der Waals surface area contributed by atoms with E-state index < -0.39 is 238 Å². The normalized spacial score (nSPS) is 26.2. The Kier molecular flexibility index (Phi) is 47.0. The number of carbonyl (C=O) groups excluding carboxylic acids is 9. The maximum Gasteiger partial charge on any atom is 0.252 e. The molecule has 4 fully saturated rings. The van der Waals surface area contributed by atoms with Gasteiger partial charge in [-0.2, -0.15) is 0 Å². The third kappa shape index (κ3) is 32.4. The van der Waals surface area contributed by atoms with Gasteiger partial charge in [0.2, 0.25) is 41.4 Å². The number of aliphatic hydroxyl groups is 16. The zero-order valence-electron chi connectivity index (χ0n) is 71.7. The van der Waals surface area contributed by atoms with Crippen LogP contribution in [0.4, 0.5) is 5.69 Å². The van der Waals surface area contributed by atoms with Gasteiger partial charge in [0.05, 0.1) is 81.4 Å². The Morgan fingerprint density at radius 3 is 1.37 bits per heavy atom. The van der Waals surface area contributed by atoms with Crippen molar-refractivity contribution in [1.29, 1.82) is 0 Å². The molecule has 0 aromatic heterocycles. The van der Waals surface area contributed by atoms with E-state index in [1.54, 1.807) is 18.2 Å². The summed E-state index contributed by atoms with van der Waals surface area (Å²) in [7, 11) is 0. The summed E-state index contributed by atoms with van der Waals surface area (Å²) in [5, 5.41) is 193. The van der Waals surface area contributed by atoms with E-state index in [4.69, 9.17) is 60.3 Å². The fourth-order valence-corrected chi connectivity index (χ4v) is 17.1. The SMILES string of the molecule is NC(=O)CCNC(=O)[C@H](CCCCNC(=O)c1cc(NC=S)ccc1-c1c2ccc(=O)cc-2oc2cc(O)ccc12)NC(=O)[C@H](CCCCNC(=O)CSCCO[C@H]1O[C@H](CO)[C@H](O)[C@H](O)[C@H]1O)N(C(=O)CSCCO[C@H]1O[C@H](CO)[C@H](O)[C@H](O)[C@H]1O)C(=O)[C@H](CCCCNC(=O)CSCCO[C@H]1O[C@H](CO)[C@H](O)[C@H](O)[C@H]1O)NC(=O)CSCCO[C@H]1O[C@H](CO)[C@H](O)[C@H](O)[C@H]1O. The Hall–Kier alpha value is -7.31. The molecule has 4 saturated heterocycles. The van der Waals surface area contributed by atoms with Crippen LogP contribution in [0.2, 0.25) is 0 Å². The van der Waals surface area contributed by atoms with Crippen molar-refractivity contribution in [2.75, 3.05) is 130 Å². The van der Waals surface area contributed by atoms with Gasteiger partial charge in [0.15, 0.2) is 30.6 Å². The average Bonchev–Trinajstić information content (AvgIpc) is 0.744. The first kappa shape index (κ1) is 110. The quantitative estimate of drug-likeness (QED) is 0.0111. The van der Waals surface area contributed by atoms with E-state index in [2.05, 4.69) is 37.2 Å². The Bertz CT molecular complexity index is 4380. The highest BCUT2D eigenvalue weighted by Gasteiger charge is 2.49. The maximum atomic E-state index is 16.0. The fourth-order valence-electron chi connectivity index (χ4n) is 14.4. The Morgan fingerprint density at radius 1 is 0.470 bits per heavy atom. The summed E-state index contributed by atoms with van der Waals surface area (Å²) >= 11 is 9.00. The molecular weight excluding hydrogens is 1850 g/mol. The number of hydrogen-bond donors (Lipinski definition) is 25. The van der Waals surface area contributed by atoms with Gasteiger partial charge in [0, 0.05) is 95.5 Å². The van der Waals surface area contributed by atoms with Crippen LogP contribution in [0.25, 0.3) is 33.4 Å². The number of thioether (sulfide) groups is 4. The molecule has 8 rings (SSSR count). The third-order valence-electron chi connectivity index (χ3n) is 21.5. The molecule has 23 atom stereocenters. The van der Waals surface area contributed by atoms with E-state index in [0.29, 0.717) is 32.7 Å². The van der Waals surface area contributed by atoms with E-state index in [-0.39, 0.29) is 173 Å². The van der Waals surface area contributed by atoms with E-state index in [0.717, 1.165) is 47.0 Å². The Morgan fingerprint density at radius 2 is 0.909 bits per heavy atom. The summed E-state index contributed by atoms with van der Waals surface area (Å²) in [6.45, 7) is -4.40. The largest absolute Gasteiger partial charge is 0.508 e. The summed E-state index contributed by atoms with van der Waals surface area (Å²) in [6, 6.07) is 8.11. The van der Waals surface area contributed by atoms with Crippen molar-refractivity contribution in [3.63, 3.8) is 0 Å². The Labute approximate surface area is 779 Å². The molecule has 26 N–H and O–H groups in total. The Balaban J connectivity index is 1.06. The van der Waals surface area contributed by atoms with E-state index in [9.17, 15) is 120 Å². The molecule has 9 amide bonds. The number of unbranched alkanes of at least 4 members (excludes halogenated alkanes) is 3. The molecule has 5 heterocycles. The molecule has 50 heteroatoms. The van der Waals surface area contributed by atoms with Gasteiger partial charge in [-0.25, -0.2) is 0 Å². The van der Waals surface area contributed by atoms with Crippen molar-refractivity contribution >= 4 is 135 Å². The van der Waals surface area contributed by atoms with Gasteiger partial charge in [-0.3, -0.25) is 52.8 Å². The van der Waals surface area contributed by atoms with Crippen molar-refractivity contribution in [3.8, 4) is 28.2 Å². The van der Waals surface area contributed by atoms with Gasteiger partial charge in [-0.15, -0.1) is 47.0 Å². The predicted molar refractivity (Wildman–Crippen MR) is 478 cm³/mol. The zero-order valence-corrected chi connectivity index (χ0v) is 75.8. The van der Waals surface area contributed by atoms with Crippen LogP contribution >= 0.6 is 59.3 Å². The lowest BCUT2D eigenvalue weighted by atomic mass is 9.90. The summed E-state index contributed by atoms with van der Waals surface area (Å²) in [6.07, 6.45) is -33.1. The predicted octanol–water partition coefficient (Wildman–Crippen LogP) is -7.00. The smallest absolute Gasteiger partial charge is 0.252 e. The standard InChI is InChI=1S/C82H119N9O36S5/c83-57(98)16-20-87-76(116)48(7-1-5-19-86-75(115)47-29-41(88-40-128)10-13-44(47)62-45-14-11-42(96)30-51(45)123-52-31-43(97)12-15-46(52)62)90-77(117)50(9-3-6-18-85-59(100)37-130-26-22-120-80-72(112)68(108)64(104)54(33-93)125-80)91(61(102)39-132-28-24-122-82-74(114)70(110)66(106)56(35-95)127-82)78(118)49(89-60(101)38-131-27-23-121-81-73(113)69(109)65(105)55(34-94)126-81)8-2-4-17-84-58(99)36-129-25-21-119-79-71(111)67(107)63(103)53(32-92)124-79/h10-15,29-31,40,48-50,53-56,63-74,79-82,92-96,103-114H,1-9,16-28,32-39H2,(H2,83,98)(H,84,99)(H,85,100)(H,86,115)(H,87,116)(H,88,128)(H,89,101)(H,90,117)/t48-,49-,50-,53+,54+,55+,56+,63-,64-,65-,66-,67-,68-,69-,70-,71+,72+,73+,74+,79-,80-,81-,82-/m0/s1. The number of nitrogens with two attached hydrogens (primary N) is 1. The lowest BCUT2D eigenvalue weighted by Crippen LogP contribution is -2.60. The highest BCUT2D eigenvalue weighted by molar-refractivity contribution is 8.00. The van der Waals surface area contributed by atoms with Crippen LogP contribution in [-0.4, -0.2) is 416 Å². The number of nitrogens with zero attached hydrogens (tertiary/aromatic N) is 1. The van der Waals surface area contributed by atoms with Crippen LogP contribution in [0, 0.1) is 0 Å². The number of aromatic hydroxyl groups is 1. The molecule has 45 nitrogen and oxygen atoms in total. The summed E-state index contributed by atoms with van der Waals surface area (Å²) in [5.74, 6) is -8.92. The van der Waals surface area contributed by atoms with Crippen LogP contribution in [0.15, 0.2) is 63.8 Å². The molecule has 6 aliphatic rings. The monoisotopic (exact) mass is 1970 g/mol. The number of carbonyl (C=O) groups is 9. The van der Waals surface area contributed by atoms with Crippen molar-refractivity contribution in [3.05, 3.63) is 70.4 Å². The molecule has 1 aliphatic carbocycles. The van der Waals surface area contributed by atoms with Gasteiger partial charge in [0.25, 0.3) is 11.8 Å². The summed E-state index contributed by atoms with van der Waals surface area (Å²) in [5.41, 5.74) is 8.29. The number of benzene rings is 3. The number of amides is 9. The topological polar surface area (TPSA) is 715 Å². The molecule has 2 aromatic rings. The van der Waals surface area contributed by atoms with Gasteiger partial charge >= 0.3 is 0 Å². The van der Waals surface area contributed by atoms with E-state index >= 15 is 14.4 Å². The number of hydrogen-bond acceptors (Lipinski definition) is 41. The first-order valence-corrected chi connectivity index (χ1v) is 47.7.